The summed E-state index contributed by atoms with van der Waals surface area (Å²) in [6.45, 7) is 4.75. The van der Waals surface area contributed by atoms with Gasteiger partial charge in [-0.25, -0.2) is 4.39 Å². The van der Waals surface area contributed by atoms with Crippen molar-refractivity contribution in [1.82, 2.24) is 0 Å². The second-order valence-corrected chi connectivity index (χ2v) is 2.64. The Balaban J connectivity index is 3.27. The molecule has 0 aromatic rings. The number of carbonyl (C=O) groups is 1. The molecule has 0 aromatic heterocycles. The van der Waals surface area contributed by atoms with Crippen molar-refractivity contribution in [2.75, 3.05) is 6.61 Å². The number of ether oxygens (including phenoxy) is 1. The second-order valence-electron chi connectivity index (χ2n) is 2.64. The lowest BCUT2D eigenvalue weighted by Crippen LogP contribution is -2.11. The molecule has 0 radical (unpaired) electrons. The fraction of sp³-hybridized carbons (Fsp3) is 0.667. The van der Waals surface area contributed by atoms with E-state index in [0.717, 1.165) is 12.8 Å². The molecule has 0 amide bonds. The smallest absolute Gasteiger partial charge is 0.305 e. The van der Waals surface area contributed by atoms with Crippen molar-refractivity contribution in [1.29, 1.82) is 0 Å². The van der Waals surface area contributed by atoms with Crippen LogP contribution >= 0.6 is 0 Å². The van der Waals surface area contributed by atoms with E-state index in [2.05, 4.69) is 11.3 Å². The van der Waals surface area contributed by atoms with Crippen LogP contribution < -0.4 is 0 Å². The van der Waals surface area contributed by atoms with Crippen molar-refractivity contribution in [2.45, 2.75) is 32.4 Å². The van der Waals surface area contributed by atoms with E-state index < -0.39 is 6.17 Å². The minimum atomic E-state index is -1.08. The minimum Gasteiger partial charge on any atom is -0.463 e. The largest absolute Gasteiger partial charge is 0.463 e. The van der Waals surface area contributed by atoms with Crippen LogP contribution in [0.25, 0.3) is 0 Å². The fourth-order valence-corrected chi connectivity index (χ4v) is 0.671. The SMILES string of the molecule is C=CCCCC(=O)OCC(C)F. The Morgan fingerprint density at radius 3 is 2.92 bits per heavy atom. The van der Waals surface area contributed by atoms with Crippen molar-refractivity contribution in [3.63, 3.8) is 0 Å². The third-order valence-electron chi connectivity index (χ3n) is 1.26. The Hall–Kier alpha value is -0.860. The van der Waals surface area contributed by atoms with Gasteiger partial charge in [-0.15, -0.1) is 6.58 Å². The summed E-state index contributed by atoms with van der Waals surface area (Å²) < 4.78 is 16.8. The van der Waals surface area contributed by atoms with E-state index in [-0.39, 0.29) is 12.6 Å². The summed E-state index contributed by atoms with van der Waals surface area (Å²) in [5.41, 5.74) is 0. The van der Waals surface area contributed by atoms with Crippen molar-refractivity contribution in [3.8, 4) is 0 Å². The Labute approximate surface area is 72.4 Å². The Bertz CT molecular complexity index is 143. The molecule has 0 bridgehead atoms. The van der Waals surface area contributed by atoms with Gasteiger partial charge in [0.15, 0.2) is 0 Å². The third kappa shape index (κ3) is 7.25. The number of unbranched alkanes of at least 4 members (excludes halogenated alkanes) is 1. The lowest BCUT2D eigenvalue weighted by atomic mass is 10.2. The highest BCUT2D eigenvalue weighted by Crippen LogP contribution is 1.99. The molecule has 1 unspecified atom stereocenters. The van der Waals surface area contributed by atoms with Gasteiger partial charge in [0.05, 0.1) is 0 Å². The van der Waals surface area contributed by atoms with E-state index in [1.54, 1.807) is 6.08 Å². The Morgan fingerprint density at radius 1 is 1.75 bits per heavy atom. The summed E-state index contributed by atoms with van der Waals surface area (Å²) in [6, 6.07) is 0. The number of hydrogen-bond acceptors (Lipinski definition) is 2. The number of alkyl halides is 1. The van der Waals surface area contributed by atoms with Crippen molar-refractivity contribution >= 4 is 5.97 Å². The van der Waals surface area contributed by atoms with Crippen LogP contribution in [0.2, 0.25) is 0 Å². The molecule has 0 aromatic carbocycles. The first-order valence-corrected chi connectivity index (χ1v) is 4.07. The van der Waals surface area contributed by atoms with Gasteiger partial charge in [-0.05, 0) is 19.8 Å². The van der Waals surface area contributed by atoms with Gasteiger partial charge in [-0.1, -0.05) is 6.08 Å². The van der Waals surface area contributed by atoms with Gasteiger partial charge >= 0.3 is 5.97 Å². The minimum absolute atomic E-state index is 0.132. The number of halogens is 1. The van der Waals surface area contributed by atoms with Gasteiger partial charge in [0.1, 0.15) is 12.8 Å². The fourth-order valence-electron chi connectivity index (χ4n) is 0.671. The maximum atomic E-state index is 12.2. The maximum absolute atomic E-state index is 12.2. The molecular weight excluding hydrogens is 159 g/mol. The highest BCUT2D eigenvalue weighted by atomic mass is 19.1. The highest BCUT2D eigenvalue weighted by molar-refractivity contribution is 5.69. The van der Waals surface area contributed by atoms with Crippen LogP contribution in [0.15, 0.2) is 12.7 Å². The average Bonchev–Trinajstić information content (AvgIpc) is 2.01. The van der Waals surface area contributed by atoms with Crippen molar-refractivity contribution in [3.05, 3.63) is 12.7 Å². The van der Waals surface area contributed by atoms with E-state index in [0.29, 0.717) is 6.42 Å². The quantitative estimate of drug-likeness (QED) is 0.350. The van der Waals surface area contributed by atoms with Gasteiger partial charge in [-0.2, -0.15) is 0 Å². The normalized spacial score (nSPS) is 12.2. The van der Waals surface area contributed by atoms with Gasteiger partial charge in [0, 0.05) is 6.42 Å². The number of allylic oxidation sites excluding steroid dienone is 1. The molecule has 0 heterocycles. The highest BCUT2D eigenvalue weighted by Gasteiger charge is 2.04. The zero-order chi connectivity index (χ0) is 9.40. The zero-order valence-electron chi connectivity index (χ0n) is 7.38. The summed E-state index contributed by atoms with van der Waals surface area (Å²) in [5, 5.41) is 0. The lowest BCUT2D eigenvalue weighted by molar-refractivity contribution is -0.145. The van der Waals surface area contributed by atoms with Crippen molar-refractivity contribution < 1.29 is 13.9 Å². The average molecular weight is 174 g/mol. The molecule has 0 spiro atoms. The zero-order valence-corrected chi connectivity index (χ0v) is 7.38. The summed E-state index contributed by atoms with van der Waals surface area (Å²) >= 11 is 0. The van der Waals surface area contributed by atoms with Gasteiger partial charge < -0.3 is 4.74 Å². The predicted octanol–water partition coefficient (Wildman–Crippen LogP) is 2.24. The van der Waals surface area contributed by atoms with Crippen LogP contribution in [0.4, 0.5) is 4.39 Å². The summed E-state index contributed by atoms with van der Waals surface area (Å²) in [4.78, 5) is 10.8. The van der Waals surface area contributed by atoms with Crippen LogP contribution in [0.3, 0.4) is 0 Å². The summed E-state index contributed by atoms with van der Waals surface area (Å²) in [6.07, 6.45) is 2.53. The molecule has 3 heteroatoms. The third-order valence-corrected chi connectivity index (χ3v) is 1.26. The first-order chi connectivity index (χ1) is 5.66. The molecule has 0 aliphatic rings. The van der Waals surface area contributed by atoms with E-state index in [9.17, 15) is 9.18 Å². The molecule has 70 valence electrons. The molecular formula is C9H15FO2. The number of carbonyl (C=O) groups excluding carboxylic acids is 1. The number of hydrogen-bond donors (Lipinski definition) is 0. The van der Waals surface area contributed by atoms with E-state index in [4.69, 9.17) is 0 Å². The van der Waals surface area contributed by atoms with E-state index in [1.165, 1.54) is 6.92 Å². The summed E-state index contributed by atoms with van der Waals surface area (Å²) in [5.74, 6) is -0.332. The molecule has 12 heavy (non-hydrogen) atoms. The molecule has 1 atom stereocenters. The Morgan fingerprint density at radius 2 is 2.42 bits per heavy atom. The van der Waals surface area contributed by atoms with Crippen LogP contribution in [0.1, 0.15) is 26.2 Å². The standard InChI is InChI=1S/C9H15FO2/c1-3-4-5-6-9(11)12-7-8(2)10/h3,8H,1,4-7H2,2H3. The molecule has 2 nitrogen and oxygen atoms in total. The monoisotopic (exact) mass is 174 g/mol. The molecule has 0 rings (SSSR count). The molecule has 0 saturated heterocycles. The lowest BCUT2D eigenvalue weighted by Gasteiger charge is -2.03. The van der Waals surface area contributed by atoms with Gasteiger partial charge in [0.2, 0.25) is 0 Å². The van der Waals surface area contributed by atoms with Crippen LogP contribution in [-0.2, 0) is 9.53 Å². The molecule has 0 aliphatic heterocycles. The van der Waals surface area contributed by atoms with E-state index >= 15 is 0 Å². The van der Waals surface area contributed by atoms with Crippen molar-refractivity contribution in [2.24, 2.45) is 0 Å². The molecule has 0 saturated carbocycles. The number of rotatable bonds is 6. The molecule has 0 N–H and O–H groups in total. The Kier molecular flexibility index (Phi) is 6.34. The molecule has 0 aliphatic carbocycles. The van der Waals surface area contributed by atoms with E-state index in [1.807, 2.05) is 0 Å². The van der Waals surface area contributed by atoms with Gasteiger partial charge in [-0.3, -0.25) is 4.79 Å². The topological polar surface area (TPSA) is 26.3 Å². The molecule has 0 fully saturated rings. The maximum Gasteiger partial charge on any atom is 0.305 e. The van der Waals surface area contributed by atoms with Gasteiger partial charge in [0.25, 0.3) is 0 Å². The predicted molar refractivity (Wildman–Crippen MR) is 45.6 cm³/mol. The van der Waals surface area contributed by atoms with Crippen LogP contribution in [-0.4, -0.2) is 18.7 Å². The number of esters is 1. The first-order valence-electron chi connectivity index (χ1n) is 4.07. The second kappa shape index (κ2) is 6.83. The summed E-state index contributed by atoms with van der Waals surface area (Å²) in [7, 11) is 0. The van der Waals surface area contributed by atoms with Crippen LogP contribution in [0, 0.1) is 0 Å². The van der Waals surface area contributed by atoms with Crippen LogP contribution in [0.5, 0.6) is 0 Å². The first kappa shape index (κ1) is 11.1.